The Labute approximate surface area is 167 Å². The number of benzene rings is 1. The van der Waals surface area contributed by atoms with Crippen molar-refractivity contribution in [2.45, 2.75) is 29.3 Å². The number of aromatic nitrogens is 5. The molecule has 4 heterocycles. The number of nitrogens with zero attached hydrogens (tertiary/aromatic N) is 5. The molecule has 6 nitrogen and oxygen atoms in total. The second-order valence-corrected chi connectivity index (χ2v) is 7.59. The van der Waals surface area contributed by atoms with Crippen LogP contribution in [0.3, 0.4) is 0 Å². The summed E-state index contributed by atoms with van der Waals surface area (Å²) in [4.78, 5) is 18.9. The lowest BCUT2D eigenvalue weighted by atomic mass is 10.1. The maximum atomic E-state index is 4.54. The minimum atomic E-state index is 0.782. The maximum absolute atomic E-state index is 4.54. The zero-order valence-electron chi connectivity index (χ0n) is 15.1. The second kappa shape index (κ2) is 7.44. The molecule has 0 unspecified atom stereocenters. The van der Waals surface area contributed by atoms with E-state index in [0.717, 1.165) is 52.3 Å². The van der Waals surface area contributed by atoms with E-state index in [-0.39, 0.29) is 0 Å². The summed E-state index contributed by atoms with van der Waals surface area (Å²) >= 11 is 1.65. The molecule has 0 saturated heterocycles. The number of aryl methyl sites for hydroxylation is 2. The fourth-order valence-corrected chi connectivity index (χ4v) is 4.15. The molecule has 1 N–H and O–H groups in total. The second-order valence-electron chi connectivity index (χ2n) is 6.56. The molecule has 1 aliphatic heterocycles. The van der Waals surface area contributed by atoms with Crippen molar-refractivity contribution in [2.75, 3.05) is 5.32 Å². The molecule has 3 aromatic heterocycles. The van der Waals surface area contributed by atoms with Crippen molar-refractivity contribution >= 4 is 23.3 Å². The number of pyridine rings is 1. The van der Waals surface area contributed by atoms with Crippen molar-refractivity contribution in [3.8, 4) is 0 Å². The SMILES string of the molecule is c1ccc(CCc2nccn2Cc2ccc3c(c2)Nc2nccnc2S3)nc1. The van der Waals surface area contributed by atoms with Gasteiger partial charge in [0.15, 0.2) is 5.82 Å². The molecule has 28 heavy (non-hydrogen) atoms. The third kappa shape index (κ3) is 3.48. The van der Waals surface area contributed by atoms with E-state index in [0.29, 0.717) is 0 Å². The molecule has 0 radical (unpaired) electrons. The molecule has 5 rings (SSSR count). The average Bonchev–Trinajstić information content (AvgIpc) is 3.18. The lowest BCUT2D eigenvalue weighted by molar-refractivity contribution is 0.707. The summed E-state index contributed by atoms with van der Waals surface area (Å²) in [5, 5.41) is 4.31. The van der Waals surface area contributed by atoms with E-state index in [2.05, 4.69) is 54.1 Å². The first kappa shape index (κ1) is 16.9. The lowest BCUT2D eigenvalue weighted by Crippen LogP contribution is -2.08. The van der Waals surface area contributed by atoms with Gasteiger partial charge >= 0.3 is 0 Å². The Hall–Kier alpha value is -3.19. The first-order chi connectivity index (χ1) is 13.8. The first-order valence-corrected chi connectivity index (χ1v) is 9.95. The highest BCUT2D eigenvalue weighted by Crippen LogP contribution is 2.42. The highest BCUT2D eigenvalue weighted by molar-refractivity contribution is 7.99. The van der Waals surface area contributed by atoms with Crippen LogP contribution >= 0.6 is 11.8 Å². The van der Waals surface area contributed by atoms with E-state index in [9.17, 15) is 0 Å². The van der Waals surface area contributed by atoms with Gasteiger partial charge in [0.05, 0.1) is 5.69 Å². The van der Waals surface area contributed by atoms with Gasteiger partial charge in [-0.1, -0.05) is 23.9 Å². The third-order valence-electron chi connectivity index (χ3n) is 4.65. The van der Waals surface area contributed by atoms with Crippen LogP contribution in [-0.4, -0.2) is 24.5 Å². The molecule has 1 aromatic carbocycles. The Balaban J connectivity index is 1.32. The van der Waals surface area contributed by atoms with E-state index >= 15 is 0 Å². The van der Waals surface area contributed by atoms with Gasteiger partial charge in [0, 0.05) is 54.5 Å². The van der Waals surface area contributed by atoms with Gasteiger partial charge in [-0.15, -0.1) is 0 Å². The van der Waals surface area contributed by atoms with Crippen LogP contribution in [0.15, 0.2) is 77.3 Å². The number of fused-ring (bicyclic) bond motifs is 2. The summed E-state index contributed by atoms with van der Waals surface area (Å²) in [5.41, 5.74) is 3.38. The predicted octanol–water partition coefficient (Wildman–Crippen LogP) is 4.11. The van der Waals surface area contributed by atoms with Crippen molar-refractivity contribution in [3.05, 3.63) is 84.5 Å². The minimum absolute atomic E-state index is 0.782. The van der Waals surface area contributed by atoms with Crippen LogP contribution in [0.1, 0.15) is 17.1 Å². The van der Waals surface area contributed by atoms with Crippen LogP contribution in [0.5, 0.6) is 0 Å². The molecule has 0 aliphatic carbocycles. The number of anilines is 2. The van der Waals surface area contributed by atoms with Crippen molar-refractivity contribution < 1.29 is 0 Å². The molecule has 7 heteroatoms. The maximum Gasteiger partial charge on any atom is 0.163 e. The summed E-state index contributed by atoms with van der Waals surface area (Å²) in [6.45, 7) is 0.782. The van der Waals surface area contributed by atoms with Gasteiger partial charge in [0.1, 0.15) is 10.9 Å². The summed E-state index contributed by atoms with van der Waals surface area (Å²) < 4.78 is 2.20. The fraction of sp³-hybridized carbons (Fsp3) is 0.143. The highest BCUT2D eigenvalue weighted by Gasteiger charge is 2.18. The highest BCUT2D eigenvalue weighted by atomic mass is 32.2. The molecule has 1 aliphatic rings. The Kier molecular flexibility index (Phi) is 4.50. The van der Waals surface area contributed by atoms with E-state index in [4.69, 9.17) is 0 Å². The van der Waals surface area contributed by atoms with Crippen molar-refractivity contribution in [1.82, 2.24) is 24.5 Å². The predicted molar refractivity (Wildman–Crippen MR) is 109 cm³/mol. The largest absolute Gasteiger partial charge is 0.337 e. The number of rotatable bonds is 5. The normalized spacial score (nSPS) is 12.1. The molecule has 0 bridgehead atoms. The molecule has 0 atom stereocenters. The zero-order chi connectivity index (χ0) is 18.8. The van der Waals surface area contributed by atoms with Gasteiger partial charge in [-0.3, -0.25) is 4.98 Å². The summed E-state index contributed by atoms with van der Waals surface area (Å²) in [5.74, 6) is 1.89. The molecule has 4 aromatic rings. The quantitative estimate of drug-likeness (QED) is 0.490. The fourth-order valence-electron chi connectivity index (χ4n) is 3.27. The van der Waals surface area contributed by atoms with Crippen LogP contribution in [0, 0.1) is 0 Å². The van der Waals surface area contributed by atoms with Crippen LogP contribution in [0.2, 0.25) is 0 Å². The topological polar surface area (TPSA) is 68.5 Å². The van der Waals surface area contributed by atoms with E-state index in [1.54, 1.807) is 24.2 Å². The van der Waals surface area contributed by atoms with Gasteiger partial charge < -0.3 is 9.88 Å². The molecule has 0 saturated carbocycles. The van der Waals surface area contributed by atoms with Crippen molar-refractivity contribution in [2.24, 2.45) is 0 Å². The van der Waals surface area contributed by atoms with Crippen LogP contribution in [0.25, 0.3) is 0 Å². The van der Waals surface area contributed by atoms with Gasteiger partial charge in [-0.2, -0.15) is 0 Å². The standard InChI is InChI=1S/C21H18N6S/c1-2-8-22-16(3-1)5-7-19-23-11-12-27(19)14-15-4-6-18-17(13-15)26-20-21(28-18)25-10-9-24-20/h1-4,6,8-13H,5,7,14H2,(H,24,26). The van der Waals surface area contributed by atoms with Gasteiger partial charge in [0.2, 0.25) is 0 Å². The Bertz CT molecular complexity index is 1110. The molecule has 138 valence electrons. The van der Waals surface area contributed by atoms with Gasteiger partial charge in [-0.25, -0.2) is 15.0 Å². The van der Waals surface area contributed by atoms with Crippen molar-refractivity contribution in [3.63, 3.8) is 0 Å². The molecule has 0 amide bonds. The smallest absolute Gasteiger partial charge is 0.163 e. The number of nitrogens with one attached hydrogen (secondary N) is 1. The minimum Gasteiger partial charge on any atom is -0.337 e. The third-order valence-corrected chi connectivity index (χ3v) is 5.72. The Morgan fingerprint density at radius 3 is 2.79 bits per heavy atom. The number of hydrogen-bond acceptors (Lipinski definition) is 6. The van der Waals surface area contributed by atoms with Crippen LogP contribution < -0.4 is 5.32 Å². The zero-order valence-corrected chi connectivity index (χ0v) is 15.9. The molecular weight excluding hydrogens is 368 g/mol. The number of imidazole rings is 1. The summed E-state index contributed by atoms with van der Waals surface area (Å²) in [7, 11) is 0. The monoisotopic (exact) mass is 386 g/mol. The van der Waals surface area contributed by atoms with E-state index < -0.39 is 0 Å². The van der Waals surface area contributed by atoms with Gasteiger partial charge in [-0.05, 0) is 36.2 Å². The number of hydrogen-bond donors (Lipinski definition) is 1. The molecule has 0 fully saturated rings. The van der Waals surface area contributed by atoms with Gasteiger partial charge in [0.25, 0.3) is 0 Å². The molecule has 0 spiro atoms. The van der Waals surface area contributed by atoms with Crippen molar-refractivity contribution in [1.29, 1.82) is 0 Å². The summed E-state index contributed by atoms with van der Waals surface area (Å²) in [6, 6.07) is 12.5. The Morgan fingerprint density at radius 2 is 1.86 bits per heavy atom. The molecular formula is C21H18N6S. The van der Waals surface area contributed by atoms with E-state index in [1.807, 2.05) is 30.7 Å². The van der Waals surface area contributed by atoms with Crippen LogP contribution in [-0.2, 0) is 19.4 Å². The van der Waals surface area contributed by atoms with Crippen LogP contribution in [0.4, 0.5) is 11.5 Å². The lowest BCUT2D eigenvalue weighted by Gasteiger charge is -2.19. The Morgan fingerprint density at radius 1 is 0.893 bits per heavy atom. The summed E-state index contributed by atoms with van der Waals surface area (Å²) in [6.07, 6.45) is 10.9. The van der Waals surface area contributed by atoms with E-state index in [1.165, 1.54) is 5.56 Å². The first-order valence-electron chi connectivity index (χ1n) is 9.14. The average molecular weight is 386 g/mol.